The third-order valence-electron chi connectivity index (χ3n) is 3.00. The lowest BCUT2D eigenvalue weighted by Crippen LogP contribution is -2.24. The van der Waals surface area contributed by atoms with Crippen molar-refractivity contribution in [2.45, 2.75) is 6.92 Å². The summed E-state index contributed by atoms with van der Waals surface area (Å²) in [5.74, 6) is -0.739. The molecule has 25 heavy (non-hydrogen) atoms. The monoisotopic (exact) mass is 405 g/mol. The van der Waals surface area contributed by atoms with Crippen molar-refractivity contribution < 1.29 is 19.4 Å². The van der Waals surface area contributed by atoms with Gasteiger partial charge in [-0.3, -0.25) is 0 Å². The van der Waals surface area contributed by atoms with Crippen LogP contribution in [0.25, 0.3) is 0 Å². The number of amides is 2. The van der Waals surface area contributed by atoms with Crippen molar-refractivity contribution in [2.24, 2.45) is 5.10 Å². The van der Waals surface area contributed by atoms with Crippen molar-refractivity contribution in [1.29, 1.82) is 0 Å². The second-order valence-corrected chi connectivity index (χ2v) is 5.97. The minimum Gasteiger partial charge on any atom is -0.481 e. The first kappa shape index (κ1) is 18.5. The number of hydrazone groups is 1. The number of benzene rings is 2. The Kier molecular flexibility index (Phi) is 6.53. The molecule has 0 aliphatic rings. The number of aryl methyl sites for hydroxylation is 1. The van der Waals surface area contributed by atoms with E-state index in [9.17, 15) is 9.59 Å². The quantitative estimate of drug-likeness (QED) is 0.506. The van der Waals surface area contributed by atoms with E-state index < -0.39 is 18.6 Å². The van der Waals surface area contributed by atoms with Gasteiger partial charge in [-0.15, -0.1) is 0 Å². The van der Waals surface area contributed by atoms with Crippen LogP contribution in [0.15, 0.2) is 52.0 Å². The number of ether oxygens (including phenoxy) is 1. The van der Waals surface area contributed by atoms with Crippen LogP contribution < -0.4 is 15.5 Å². The number of nitrogens with one attached hydrogen (secondary N) is 2. The van der Waals surface area contributed by atoms with Gasteiger partial charge < -0.3 is 15.2 Å². The molecular weight excluding hydrogens is 390 g/mol. The average molecular weight is 406 g/mol. The molecule has 0 bridgehead atoms. The summed E-state index contributed by atoms with van der Waals surface area (Å²) < 4.78 is 5.94. The molecule has 0 aromatic heterocycles. The summed E-state index contributed by atoms with van der Waals surface area (Å²) in [6, 6.07) is 11.9. The standard InChI is InChI=1S/C17H16BrN3O4/c1-11-2-5-14(6-3-11)20-17(24)21-19-9-12-8-13(18)4-7-15(12)25-10-16(22)23/h2-9H,10H2,1H3,(H,22,23)(H2,20,21,24). The van der Waals surface area contributed by atoms with E-state index in [4.69, 9.17) is 9.84 Å². The number of halogens is 1. The summed E-state index contributed by atoms with van der Waals surface area (Å²) in [4.78, 5) is 22.4. The fourth-order valence-electron chi connectivity index (χ4n) is 1.85. The molecule has 0 aliphatic heterocycles. The Bertz CT molecular complexity index is 791. The number of carboxylic acids is 1. The first-order valence-electron chi connectivity index (χ1n) is 7.25. The smallest absolute Gasteiger partial charge is 0.341 e. The van der Waals surface area contributed by atoms with Crippen LogP contribution in [0.2, 0.25) is 0 Å². The molecule has 0 unspecified atom stereocenters. The van der Waals surface area contributed by atoms with Gasteiger partial charge in [0.15, 0.2) is 6.61 Å². The van der Waals surface area contributed by atoms with E-state index >= 15 is 0 Å². The Morgan fingerprint density at radius 1 is 1.24 bits per heavy atom. The Hall–Kier alpha value is -2.87. The van der Waals surface area contributed by atoms with Gasteiger partial charge in [-0.2, -0.15) is 5.10 Å². The Morgan fingerprint density at radius 2 is 1.96 bits per heavy atom. The molecule has 0 heterocycles. The summed E-state index contributed by atoms with van der Waals surface area (Å²) >= 11 is 3.31. The predicted octanol–water partition coefficient (Wildman–Crippen LogP) is 3.38. The molecule has 0 saturated heterocycles. The number of rotatable bonds is 6. The number of aliphatic carboxylic acids is 1. The van der Waals surface area contributed by atoms with Gasteiger partial charge in [0.25, 0.3) is 0 Å². The van der Waals surface area contributed by atoms with E-state index in [0.717, 1.165) is 10.0 Å². The molecular formula is C17H16BrN3O4. The molecule has 0 spiro atoms. The molecule has 0 atom stereocenters. The molecule has 8 heteroatoms. The largest absolute Gasteiger partial charge is 0.481 e. The molecule has 0 aliphatic carbocycles. The number of hydrogen-bond donors (Lipinski definition) is 3. The van der Waals surface area contributed by atoms with Crippen molar-refractivity contribution in [3.05, 3.63) is 58.1 Å². The lowest BCUT2D eigenvalue weighted by molar-refractivity contribution is -0.139. The lowest BCUT2D eigenvalue weighted by Gasteiger charge is -2.07. The van der Waals surface area contributed by atoms with Crippen LogP contribution >= 0.6 is 15.9 Å². The number of anilines is 1. The number of carbonyl (C=O) groups is 2. The lowest BCUT2D eigenvalue weighted by atomic mass is 10.2. The molecule has 0 saturated carbocycles. The molecule has 0 radical (unpaired) electrons. The van der Waals surface area contributed by atoms with Gasteiger partial charge in [0.2, 0.25) is 0 Å². The normalized spacial score (nSPS) is 10.5. The van der Waals surface area contributed by atoms with Crippen LogP contribution in [0.5, 0.6) is 5.75 Å². The molecule has 7 nitrogen and oxygen atoms in total. The number of hydrogen-bond acceptors (Lipinski definition) is 4. The van der Waals surface area contributed by atoms with E-state index in [1.54, 1.807) is 30.3 Å². The van der Waals surface area contributed by atoms with E-state index in [2.05, 4.69) is 31.8 Å². The Balaban J connectivity index is 1.98. The SMILES string of the molecule is Cc1ccc(NC(=O)NN=Cc2cc(Br)ccc2OCC(=O)O)cc1. The third kappa shape index (κ3) is 6.27. The zero-order valence-corrected chi connectivity index (χ0v) is 14.9. The topological polar surface area (TPSA) is 100 Å². The van der Waals surface area contributed by atoms with E-state index in [1.165, 1.54) is 6.21 Å². The van der Waals surface area contributed by atoms with E-state index in [1.807, 2.05) is 19.1 Å². The molecule has 130 valence electrons. The summed E-state index contributed by atoms with van der Waals surface area (Å²) in [6.45, 7) is 1.49. The van der Waals surface area contributed by atoms with Gasteiger partial charge in [-0.25, -0.2) is 15.0 Å². The number of carbonyl (C=O) groups excluding carboxylic acids is 1. The maximum atomic E-state index is 11.8. The van der Waals surface area contributed by atoms with Crippen molar-refractivity contribution in [2.75, 3.05) is 11.9 Å². The van der Waals surface area contributed by atoms with Gasteiger partial charge in [0.05, 0.1) is 6.21 Å². The van der Waals surface area contributed by atoms with Crippen LogP contribution in [-0.2, 0) is 4.79 Å². The van der Waals surface area contributed by atoms with Crippen molar-refractivity contribution in [3.8, 4) is 5.75 Å². The maximum Gasteiger partial charge on any atom is 0.341 e. The highest BCUT2D eigenvalue weighted by molar-refractivity contribution is 9.10. The molecule has 2 amide bonds. The second kappa shape index (κ2) is 8.84. The van der Waals surface area contributed by atoms with Crippen LogP contribution in [0.3, 0.4) is 0 Å². The van der Waals surface area contributed by atoms with Gasteiger partial charge in [0.1, 0.15) is 5.75 Å². The summed E-state index contributed by atoms with van der Waals surface area (Å²) in [6.07, 6.45) is 1.37. The highest BCUT2D eigenvalue weighted by Gasteiger charge is 2.06. The van der Waals surface area contributed by atoms with Crippen molar-refractivity contribution in [3.63, 3.8) is 0 Å². The number of urea groups is 1. The third-order valence-corrected chi connectivity index (χ3v) is 3.50. The van der Waals surface area contributed by atoms with Gasteiger partial charge >= 0.3 is 12.0 Å². The van der Waals surface area contributed by atoms with Crippen molar-refractivity contribution in [1.82, 2.24) is 5.43 Å². The fourth-order valence-corrected chi connectivity index (χ4v) is 2.23. The van der Waals surface area contributed by atoms with Crippen LogP contribution in [0.4, 0.5) is 10.5 Å². The van der Waals surface area contributed by atoms with Gasteiger partial charge in [-0.1, -0.05) is 33.6 Å². The minimum atomic E-state index is -1.08. The highest BCUT2D eigenvalue weighted by Crippen LogP contribution is 2.21. The Morgan fingerprint density at radius 3 is 2.64 bits per heavy atom. The van der Waals surface area contributed by atoms with Crippen LogP contribution in [0.1, 0.15) is 11.1 Å². The van der Waals surface area contributed by atoms with Gasteiger partial charge in [0, 0.05) is 15.7 Å². The number of carboxylic acid groups (broad SMARTS) is 1. The summed E-state index contributed by atoms with van der Waals surface area (Å²) in [7, 11) is 0. The average Bonchev–Trinajstić information content (AvgIpc) is 2.56. The zero-order valence-electron chi connectivity index (χ0n) is 13.3. The fraction of sp³-hybridized carbons (Fsp3) is 0.118. The molecule has 0 fully saturated rings. The predicted molar refractivity (Wildman–Crippen MR) is 98.2 cm³/mol. The molecule has 3 N–H and O–H groups in total. The van der Waals surface area contributed by atoms with Crippen LogP contribution in [-0.4, -0.2) is 29.9 Å². The second-order valence-electron chi connectivity index (χ2n) is 5.05. The van der Waals surface area contributed by atoms with E-state index in [-0.39, 0.29) is 0 Å². The summed E-state index contributed by atoms with van der Waals surface area (Å²) in [5, 5.41) is 15.2. The molecule has 2 rings (SSSR count). The van der Waals surface area contributed by atoms with Crippen molar-refractivity contribution >= 4 is 39.8 Å². The van der Waals surface area contributed by atoms with E-state index in [0.29, 0.717) is 17.0 Å². The van der Waals surface area contributed by atoms with Gasteiger partial charge in [-0.05, 0) is 37.3 Å². The molecule has 2 aromatic rings. The first-order chi connectivity index (χ1) is 11.9. The Labute approximate surface area is 152 Å². The minimum absolute atomic E-state index is 0.343. The summed E-state index contributed by atoms with van der Waals surface area (Å²) in [5.41, 5.74) is 4.59. The van der Waals surface area contributed by atoms with Crippen LogP contribution in [0, 0.1) is 6.92 Å². The number of nitrogens with zero attached hydrogens (tertiary/aromatic N) is 1. The maximum absolute atomic E-state index is 11.8. The zero-order chi connectivity index (χ0) is 18.2. The molecule has 2 aromatic carbocycles. The first-order valence-corrected chi connectivity index (χ1v) is 8.04. The highest BCUT2D eigenvalue weighted by atomic mass is 79.9.